The van der Waals surface area contributed by atoms with Gasteiger partial charge in [-0.1, -0.05) is 29.8 Å². The van der Waals surface area contributed by atoms with E-state index < -0.39 is 0 Å². The summed E-state index contributed by atoms with van der Waals surface area (Å²) in [5, 5.41) is 2.91. The number of amides is 2. The third-order valence-electron chi connectivity index (χ3n) is 4.90. The third-order valence-corrected chi connectivity index (χ3v) is 4.90. The van der Waals surface area contributed by atoms with Crippen LogP contribution in [0.1, 0.15) is 28.7 Å². The Morgan fingerprint density at radius 1 is 1.26 bits per heavy atom. The summed E-state index contributed by atoms with van der Waals surface area (Å²) in [4.78, 5) is 36.6. The first-order chi connectivity index (χ1) is 13.0. The number of nitrogens with zero attached hydrogens (tertiary/aromatic N) is 4. The number of piperazine rings is 1. The predicted octanol–water partition coefficient (Wildman–Crippen LogP) is 1.25. The van der Waals surface area contributed by atoms with Gasteiger partial charge in [0, 0.05) is 45.1 Å². The van der Waals surface area contributed by atoms with E-state index in [1.807, 2.05) is 13.0 Å². The monoisotopic (exact) mass is 367 g/mol. The Labute approximate surface area is 159 Å². The summed E-state index contributed by atoms with van der Waals surface area (Å²) in [5.41, 5.74) is 2.34. The average molecular weight is 367 g/mol. The van der Waals surface area contributed by atoms with E-state index in [0.29, 0.717) is 19.6 Å². The molecule has 0 saturated carbocycles. The lowest BCUT2D eigenvalue weighted by molar-refractivity contribution is -0.142. The quantitative estimate of drug-likeness (QED) is 0.860. The molecule has 0 unspecified atom stereocenters. The fourth-order valence-electron chi connectivity index (χ4n) is 3.46. The Morgan fingerprint density at radius 3 is 2.70 bits per heavy atom. The lowest BCUT2D eigenvalue weighted by Crippen LogP contribution is -2.62. The molecule has 0 radical (unpaired) electrons. The Morgan fingerprint density at radius 2 is 2.00 bits per heavy atom. The molecule has 1 N–H and O–H groups in total. The van der Waals surface area contributed by atoms with Crippen LogP contribution in [0.15, 0.2) is 42.7 Å². The van der Waals surface area contributed by atoms with E-state index in [1.54, 1.807) is 30.4 Å². The number of aryl methyl sites for hydroxylation is 1. The van der Waals surface area contributed by atoms with Crippen molar-refractivity contribution in [1.29, 1.82) is 0 Å². The maximum absolute atomic E-state index is 12.5. The van der Waals surface area contributed by atoms with Crippen LogP contribution < -0.4 is 5.32 Å². The van der Waals surface area contributed by atoms with E-state index in [2.05, 4.69) is 45.3 Å². The fraction of sp³-hybridized carbons (Fsp3) is 0.400. The molecule has 2 amide bonds. The van der Waals surface area contributed by atoms with Gasteiger partial charge in [-0.05, 0) is 25.5 Å². The molecule has 1 aliphatic rings. The van der Waals surface area contributed by atoms with Crippen molar-refractivity contribution < 1.29 is 9.59 Å². The Hall–Kier alpha value is -2.80. The molecule has 0 aliphatic carbocycles. The highest BCUT2D eigenvalue weighted by molar-refractivity contribution is 5.90. The molecule has 27 heavy (non-hydrogen) atoms. The van der Waals surface area contributed by atoms with Crippen LogP contribution in [-0.4, -0.2) is 63.8 Å². The van der Waals surface area contributed by atoms with Crippen molar-refractivity contribution >= 4 is 11.8 Å². The number of hydrogen-bond donors (Lipinski definition) is 1. The van der Waals surface area contributed by atoms with Crippen LogP contribution in [0.4, 0.5) is 0 Å². The highest BCUT2D eigenvalue weighted by Gasteiger charge is 2.36. The van der Waals surface area contributed by atoms with Crippen molar-refractivity contribution in [3.8, 4) is 0 Å². The summed E-state index contributed by atoms with van der Waals surface area (Å²) >= 11 is 0. The zero-order valence-electron chi connectivity index (χ0n) is 15.9. The lowest BCUT2D eigenvalue weighted by Gasteiger charge is -2.43. The fourth-order valence-corrected chi connectivity index (χ4v) is 3.46. The molecular formula is C20H25N5O2. The molecule has 1 saturated heterocycles. The van der Waals surface area contributed by atoms with E-state index in [1.165, 1.54) is 5.56 Å². The van der Waals surface area contributed by atoms with E-state index in [9.17, 15) is 9.59 Å². The molecule has 1 fully saturated rings. The minimum atomic E-state index is -0.307. The normalized spacial score (nSPS) is 20.6. The van der Waals surface area contributed by atoms with Crippen LogP contribution in [0, 0.1) is 6.92 Å². The van der Waals surface area contributed by atoms with Crippen molar-refractivity contribution in [3.63, 3.8) is 0 Å². The summed E-state index contributed by atoms with van der Waals surface area (Å²) in [6.45, 7) is 5.61. The number of hydrogen-bond acceptors (Lipinski definition) is 5. The maximum atomic E-state index is 12.5. The first kappa shape index (κ1) is 19.0. The van der Waals surface area contributed by atoms with E-state index in [0.717, 1.165) is 5.56 Å². The Kier molecular flexibility index (Phi) is 5.81. The molecule has 0 spiro atoms. The second-order valence-electron chi connectivity index (χ2n) is 6.99. The van der Waals surface area contributed by atoms with Gasteiger partial charge in [0.25, 0.3) is 5.91 Å². The standard InChI is InChI=1S/C20H25N5O2/c1-14-6-4-7-16(10-14)12-25-15(2)20(27)24(3)13-17(25)11-23-19(26)18-21-8-5-9-22-18/h4-10,15,17H,11-13H2,1-3H3,(H,23,26)/t15-,17+/m0/s1. The molecule has 1 aromatic heterocycles. The summed E-state index contributed by atoms with van der Waals surface area (Å²) in [6.07, 6.45) is 3.09. The van der Waals surface area contributed by atoms with Gasteiger partial charge in [0.1, 0.15) is 0 Å². The molecule has 7 nitrogen and oxygen atoms in total. The third kappa shape index (κ3) is 4.49. The van der Waals surface area contributed by atoms with Crippen LogP contribution in [0.25, 0.3) is 0 Å². The number of aromatic nitrogens is 2. The molecule has 7 heteroatoms. The molecule has 1 aromatic carbocycles. The van der Waals surface area contributed by atoms with Crippen LogP contribution in [0.3, 0.4) is 0 Å². The first-order valence-corrected chi connectivity index (χ1v) is 9.07. The molecule has 1 aliphatic heterocycles. The van der Waals surface area contributed by atoms with Gasteiger partial charge in [0.15, 0.2) is 0 Å². The smallest absolute Gasteiger partial charge is 0.289 e. The number of carbonyl (C=O) groups excluding carboxylic acids is 2. The number of benzene rings is 1. The van der Waals surface area contributed by atoms with Gasteiger partial charge in [-0.25, -0.2) is 9.97 Å². The van der Waals surface area contributed by atoms with Gasteiger partial charge in [0.05, 0.1) is 6.04 Å². The zero-order chi connectivity index (χ0) is 19.4. The minimum Gasteiger partial charge on any atom is -0.348 e. The summed E-state index contributed by atoms with van der Waals surface area (Å²) in [6, 6.07) is 9.70. The lowest BCUT2D eigenvalue weighted by atomic mass is 10.0. The van der Waals surface area contributed by atoms with E-state index in [-0.39, 0.29) is 29.7 Å². The second-order valence-corrected chi connectivity index (χ2v) is 6.99. The maximum Gasteiger partial charge on any atom is 0.289 e. The van der Waals surface area contributed by atoms with Gasteiger partial charge < -0.3 is 10.2 Å². The summed E-state index contributed by atoms with van der Waals surface area (Å²) in [5.74, 6) is -0.0639. The molecular weight excluding hydrogens is 342 g/mol. The van der Waals surface area contributed by atoms with Gasteiger partial charge in [-0.2, -0.15) is 0 Å². The van der Waals surface area contributed by atoms with Gasteiger partial charge >= 0.3 is 0 Å². The first-order valence-electron chi connectivity index (χ1n) is 9.07. The average Bonchev–Trinajstić information content (AvgIpc) is 2.67. The van der Waals surface area contributed by atoms with Crippen LogP contribution in [0.5, 0.6) is 0 Å². The van der Waals surface area contributed by atoms with Crippen molar-refractivity contribution in [2.75, 3.05) is 20.1 Å². The highest BCUT2D eigenvalue weighted by atomic mass is 16.2. The predicted molar refractivity (Wildman–Crippen MR) is 102 cm³/mol. The SMILES string of the molecule is Cc1cccc(CN2[C@H](CNC(=O)c3ncccn3)CN(C)C(=O)[C@@H]2C)c1. The zero-order valence-corrected chi connectivity index (χ0v) is 15.9. The molecule has 2 atom stereocenters. The van der Waals surface area contributed by atoms with Gasteiger partial charge in [0.2, 0.25) is 11.7 Å². The summed E-state index contributed by atoms with van der Waals surface area (Å²) < 4.78 is 0. The molecule has 2 aromatic rings. The molecule has 2 heterocycles. The summed E-state index contributed by atoms with van der Waals surface area (Å²) in [7, 11) is 1.80. The molecule has 3 rings (SSSR count). The Balaban J connectivity index is 1.73. The van der Waals surface area contributed by atoms with Crippen LogP contribution in [0.2, 0.25) is 0 Å². The number of carbonyl (C=O) groups is 2. The number of likely N-dealkylation sites (N-methyl/N-ethyl adjacent to an activating group) is 1. The van der Waals surface area contributed by atoms with E-state index in [4.69, 9.17) is 0 Å². The van der Waals surface area contributed by atoms with Crippen LogP contribution in [-0.2, 0) is 11.3 Å². The van der Waals surface area contributed by atoms with Gasteiger partial charge in [-0.15, -0.1) is 0 Å². The van der Waals surface area contributed by atoms with Crippen molar-refractivity contribution in [2.45, 2.75) is 32.5 Å². The van der Waals surface area contributed by atoms with Gasteiger partial charge in [-0.3, -0.25) is 14.5 Å². The Bertz CT molecular complexity index is 811. The molecule has 0 bridgehead atoms. The number of rotatable bonds is 5. The second kappa shape index (κ2) is 8.26. The largest absolute Gasteiger partial charge is 0.348 e. The molecule has 142 valence electrons. The topological polar surface area (TPSA) is 78.4 Å². The minimum absolute atomic E-state index is 0.0101. The highest BCUT2D eigenvalue weighted by Crippen LogP contribution is 2.20. The van der Waals surface area contributed by atoms with E-state index >= 15 is 0 Å². The number of nitrogens with one attached hydrogen (secondary N) is 1. The van der Waals surface area contributed by atoms with Crippen molar-refractivity contribution in [2.24, 2.45) is 0 Å². The van der Waals surface area contributed by atoms with Crippen molar-refractivity contribution in [1.82, 2.24) is 25.1 Å². The van der Waals surface area contributed by atoms with Crippen molar-refractivity contribution in [3.05, 3.63) is 59.7 Å². The van der Waals surface area contributed by atoms with Crippen LogP contribution >= 0.6 is 0 Å².